The fourth-order valence-electron chi connectivity index (χ4n) is 3.27. The molecule has 1 saturated carbocycles. The maximum atomic E-state index is 12.5. The number of carbonyl (C=O) groups is 1. The van der Waals surface area contributed by atoms with Crippen molar-refractivity contribution in [2.45, 2.75) is 58.2 Å². The average Bonchev–Trinajstić information content (AvgIpc) is 3.13. The predicted octanol–water partition coefficient (Wildman–Crippen LogP) is 3.56. The molecule has 0 aliphatic heterocycles. The van der Waals surface area contributed by atoms with Gasteiger partial charge in [0.25, 0.3) is 5.91 Å². The summed E-state index contributed by atoms with van der Waals surface area (Å²) in [4.78, 5) is 23.3. The van der Waals surface area contributed by atoms with Gasteiger partial charge in [-0.15, -0.1) is 0 Å². The zero-order chi connectivity index (χ0) is 17.6. The monoisotopic (exact) mass is 338 g/mol. The molecule has 1 aliphatic rings. The molecule has 5 nitrogen and oxygen atoms in total. The molecular weight excluding hydrogens is 312 g/mol. The molecule has 0 spiro atoms. The minimum Gasteiger partial charge on any atom is -0.350 e. The van der Waals surface area contributed by atoms with E-state index in [2.05, 4.69) is 46.2 Å². The van der Waals surface area contributed by atoms with Crippen LogP contribution in [0.2, 0.25) is 0 Å². The number of amides is 1. The standard InChI is InChI=1S/C20H26N4O/c1-15(2)24(13-16-8-4-3-5-9-16)19-12-18(21-14-22-19)20(25)23-17-10-6-7-11-17/h3-5,8-9,12,14-15,17H,6-7,10-11,13H2,1-2H3,(H,23,25). The van der Waals surface area contributed by atoms with Crippen LogP contribution in [0.15, 0.2) is 42.7 Å². The summed E-state index contributed by atoms with van der Waals surface area (Å²) in [5.74, 6) is 0.685. The lowest BCUT2D eigenvalue weighted by Crippen LogP contribution is -2.34. The highest BCUT2D eigenvalue weighted by Crippen LogP contribution is 2.20. The zero-order valence-corrected chi connectivity index (χ0v) is 15.0. The van der Waals surface area contributed by atoms with E-state index in [0.29, 0.717) is 5.69 Å². The lowest BCUT2D eigenvalue weighted by molar-refractivity contribution is 0.0932. The molecule has 1 amide bonds. The number of anilines is 1. The Morgan fingerprint density at radius 1 is 1.20 bits per heavy atom. The molecule has 3 rings (SSSR count). The number of carbonyl (C=O) groups excluding carboxylic acids is 1. The average molecular weight is 338 g/mol. The molecule has 0 atom stereocenters. The number of rotatable bonds is 6. The van der Waals surface area contributed by atoms with Crippen molar-refractivity contribution in [2.75, 3.05) is 4.90 Å². The van der Waals surface area contributed by atoms with Crippen molar-refractivity contribution in [3.63, 3.8) is 0 Å². The molecular formula is C20H26N4O. The number of nitrogens with zero attached hydrogens (tertiary/aromatic N) is 3. The van der Waals surface area contributed by atoms with Crippen molar-refractivity contribution in [3.05, 3.63) is 54.0 Å². The number of aromatic nitrogens is 2. The number of benzene rings is 1. The zero-order valence-electron chi connectivity index (χ0n) is 15.0. The molecule has 1 N–H and O–H groups in total. The van der Waals surface area contributed by atoms with Crippen LogP contribution in [0.1, 0.15) is 55.6 Å². The molecule has 0 saturated heterocycles. The highest BCUT2D eigenvalue weighted by atomic mass is 16.1. The van der Waals surface area contributed by atoms with E-state index in [1.54, 1.807) is 6.07 Å². The summed E-state index contributed by atoms with van der Waals surface area (Å²) < 4.78 is 0. The van der Waals surface area contributed by atoms with E-state index in [1.807, 2.05) is 18.2 Å². The van der Waals surface area contributed by atoms with Gasteiger partial charge in [0, 0.05) is 24.7 Å². The fraction of sp³-hybridized carbons (Fsp3) is 0.450. The van der Waals surface area contributed by atoms with Crippen molar-refractivity contribution in [2.24, 2.45) is 0 Å². The summed E-state index contributed by atoms with van der Waals surface area (Å²) in [6.07, 6.45) is 6.00. The number of nitrogens with one attached hydrogen (secondary N) is 1. The van der Waals surface area contributed by atoms with Crippen LogP contribution in [0.3, 0.4) is 0 Å². The Morgan fingerprint density at radius 3 is 2.60 bits per heavy atom. The van der Waals surface area contributed by atoms with E-state index >= 15 is 0 Å². The Balaban J connectivity index is 1.76. The predicted molar refractivity (Wildman–Crippen MR) is 99.5 cm³/mol. The first-order valence-electron chi connectivity index (χ1n) is 9.07. The first-order valence-corrected chi connectivity index (χ1v) is 9.07. The first kappa shape index (κ1) is 17.4. The van der Waals surface area contributed by atoms with E-state index in [0.717, 1.165) is 25.2 Å². The number of hydrogen-bond donors (Lipinski definition) is 1. The SMILES string of the molecule is CC(C)N(Cc1ccccc1)c1cc(C(=O)NC2CCCC2)ncn1. The smallest absolute Gasteiger partial charge is 0.270 e. The third kappa shape index (κ3) is 4.56. The number of hydrogen-bond acceptors (Lipinski definition) is 4. The van der Waals surface area contributed by atoms with Crippen LogP contribution in [-0.4, -0.2) is 28.0 Å². The van der Waals surface area contributed by atoms with Crippen LogP contribution in [-0.2, 0) is 6.54 Å². The Morgan fingerprint density at radius 2 is 1.92 bits per heavy atom. The quantitative estimate of drug-likeness (QED) is 0.875. The van der Waals surface area contributed by atoms with Crippen LogP contribution in [0, 0.1) is 0 Å². The molecule has 25 heavy (non-hydrogen) atoms. The highest BCUT2D eigenvalue weighted by Gasteiger charge is 2.20. The van der Waals surface area contributed by atoms with E-state index in [9.17, 15) is 4.79 Å². The van der Waals surface area contributed by atoms with E-state index in [4.69, 9.17) is 0 Å². The maximum Gasteiger partial charge on any atom is 0.270 e. The molecule has 1 aliphatic carbocycles. The molecule has 0 bridgehead atoms. The van der Waals surface area contributed by atoms with Gasteiger partial charge in [0.15, 0.2) is 0 Å². The van der Waals surface area contributed by atoms with Gasteiger partial charge in [-0.2, -0.15) is 0 Å². The van der Waals surface area contributed by atoms with Gasteiger partial charge in [-0.1, -0.05) is 43.2 Å². The summed E-state index contributed by atoms with van der Waals surface area (Å²) in [7, 11) is 0. The maximum absolute atomic E-state index is 12.5. The second-order valence-corrected chi connectivity index (χ2v) is 6.92. The Bertz CT molecular complexity index is 696. The molecule has 0 radical (unpaired) electrons. The van der Waals surface area contributed by atoms with E-state index in [1.165, 1.54) is 24.7 Å². The normalized spacial score (nSPS) is 14.7. The van der Waals surface area contributed by atoms with Crippen LogP contribution in [0.25, 0.3) is 0 Å². The summed E-state index contributed by atoms with van der Waals surface area (Å²) in [5.41, 5.74) is 1.65. The molecule has 1 heterocycles. The summed E-state index contributed by atoms with van der Waals surface area (Å²) in [6, 6.07) is 12.6. The van der Waals surface area contributed by atoms with Gasteiger partial charge < -0.3 is 10.2 Å². The molecule has 2 aromatic rings. The summed E-state index contributed by atoms with van der Waals surface area (Å²) in [5, 5.41) is 3.09. The molecule has 0 unspecified atom stereocenters. The van der Waals surface area contributed by atoms with Gasteiger partial charge in [0.05, 0.1) is 0 Å². The van der Waals surface area contributed by atoms with Crippen LogP contribution in [0.5, 0.6) is 0 Å². The van der Waals surface area contributed by atoms with Gasteiger partial charge >= 0.3 is 0 Å². The molecule has 1 aromatic carbocycles. The van der Waals surface area contributed by atoms with Crippen LogP contribution in [0.4, 0.5) is 5.82 Å². The molecule has 1 fully saturated rings. The van der Waals surface area contributed by atoms with Crippen LogP contribution < -0.4 is 10.2 Å². The van der Waals surface area contributed by atoms with Crippen molar-refractivity contribution in [1.82, 2.24) is 15.3 Å². The van der Waals surface area contributed by atoms with Crippen molar-refractivity contribution < 1.29 is 4.79 Å². The Labute approximate surface area is 149 Å². The minimum absolute atomic E-state index is 0.0982. The van der Waals surface area contributed by atoms with E-state index < -0.39 is 0 Å². The van der Waals surface area contributed by atoms with Gasteiger partial charge in [-0.3, -0.25) is 4.79 Å². The van der Waals surface area contributed by atoms with Crippen LogP contribution >= 0.6 is 0 Å². The minimum atomic E-state index is -0.0982. The van der Waals surface area contributed by atoms with Gasteiger partial charge in [0.2, 0.25) is 0 Å². The third-order valence-electron chi connectivity index (χ3n) is 4.69. The largest absolute Gasteiger partial charge is 0.350 e. The van der Waals surface area contributed by atoms with Gasteiger partial charge in [0.1, 0.15) is 17.8 Å². The second kappa shape index (κ2) is 8.10. The summed E-state index contributed by atoms with van der Waals surface area (Å²) >= 11 is 0. The Kier molecular flexibility index (Phi) is 5.64. The first-order chi connectivity index (χ1) is 12.1. The van der Waals surface area contributed by atoms with Crippen molar-refractivity contribution >= 4 is 11.7 Å². The lowest BCUT2D eigenvalue weighted by atomic mass is 10.2. The lowest BCUT2D eigenvalue weighted by Gasteiger charge is -2.28. The molecule has 1 aromatic heterocycles. The highest BCUT2D eigenvalue weighted by molar-refractivity contribution is 5.93. The van der Waals surface area contributed by atoms with Gasteiger partial charge in [-0.05, 0) is 32.3 Å². The topological polar surface area (TPSA) is 58.1 Å². The molecule has 132 valence electrons. The summed E-state index contributed by atoms with van der Waals surface area (Å²) in [6.45, 7) is 5.01. The van der Waals surface area contributed by atoms with Gasteiger partial charge in [-0.25, -0.2) is 9.97 Å². The van der Waals surface area contributed by atoms with E-state index in [-0.39, 0.29) is 18.0 Å². The molecule has 5 heteroatoms. The fourth-order valence-corrected chi connectivity index (χ4v) is 3.27. The van der Waals surface area contributed by atoms with Crippen molar-refractivity contribution in [1.29, 1.82) is 0 Å². The van der Waals surface area contributed by atoms with Crippen molar-refractivity contribution in [3.8, 4) is 0 Å². The third-order valence-corrected chi connectivity index (χ3v) is 4.69. The Hall–Kier alpha value is -2.43. The second-order valence-electron chi connectivity index (χ2n) is 6.92.